The van der Waals surface area contributed by atoms with E-state index in [1.165, 1.54) is 0 Å². The second-order valence-electron chi connectivity index (χ2n) is 4.64. The van der Waals surface area contributed by atoms with Crippen LogP contribution in [0.15, 0.2) is 46.9 Å². The van der Waals surface area contributed by atoms with Gasteiger partial charge in [-0.25, -0.2) is 4.98 Å². The third-order valence-electron chi connectivity index (χ3n) is 3.01. The van der Waals surface area contributed by atoms with E-state index in [0.29, 0.717) is 27.7 Å². The molecule has 114 valence electrons. The summed E-state index contributed by atoms with van der Waals surface area (Å²) in [7, 11) is 0. The van der Waals surface area contributed by atoms with Crippen molar-refractivity contribution < 1.29 is 9.21 Å². The molecule has 2 aromatic carbocycles. The number of benzene rings is 2. The topological polar surface area (TPSA) is 78.9 Å². The number of amides is 1. The van der Waals surface area contributed by atoms with Crippen LogP contribution in [0.1, 0.15) is 0 Å². The summed E-state index contributed by atoms with van der Waals surface area (Å²) in [5, 5.41) is 13.6. The number of fused-ring (bicyclic) bond motifs is 1. The number of nitriles is 1. The molecule has 0 atom stereocenters. The minimum absolute atomic E-state index is 0.0820. The van der Waals surface area contributed by atoms with Crippen molar-refractivity contribution >= 4 is 46.1 Å². The summed E-state index contributed by atoms with van der Waals surface area (Å²) < 4.78 is 5.73. The predicted molar refractivity (Wildman–Crippen MR) is 91.2 cm³/mol. The van der Waals surface area contributed by atoms with Gasteiger partial charge in [0.25, 0.3) is 0 Å². The van der Waals surface area contributed by atoms with E-state index in [1.807, 2.05) is 17.5 Å². The molecule has 1 amide bonds. The summed E-state index contributed by atoms with van der Waals surface area (Å²) in [4.78, 5) is 16.0. The van der Waals surface area contributed by atoms with Gasteiger partial charge in [-0.3, -0.25) is 4.79 Å². The number of thiocyanates is 1. The first-order valence-electron chi connectivity index (χ1n) is 6.63. The van der Waals surface area contributed by atoms with Crippen molar-refractivity contribution in [1.82, 2.24) is 4.98 Å². The largest absolute Gasteiger partial charge is 0.436 e. The molecule has 3 aromatic rings. The highest BCUT2D eigenvalue weighted by atomic mass is 35.5. The maximum absolute atomic E-state index is 11.6. The third-order valence-corrected chi connectivity index (χ3v) is 3.78. The van der Waals surface area contributed by atoms with Crippen molar-refractivity contribution in [2.45, 2.75) is 0 Å². The first-order chi connectivity index (χ1) is 11.2. The number of oxazole rings is 1. The number of hydrogen-bond donors (Lipinski definition) is 1. The normalized spacial score (nSPS) is 10.4. The van der Waals surface area contributed by atoms with E-state index in [1.54, 1.807) is 30.3 Å². The van der Waals surface area contributed by atoms with Crippen LogP contribution in [-0.4, -0.2) is 16.6 Å². The van der Waals surface area contributed by atoms with Crippen LogP contribution in [0.2, 0.25) is 5.02 Å². The number of rotatable bonds is 4. The summed E-state index contributed by atoms with van der Waals surface area (Å²) in [5.41, 5.74) is 2.62. The van der Waals surface area contributed by atoms with Gasteiger partial charge in [-0.05, 0) is 42.1 Å². The lowest BCUT2D eigenvalue weighted by atomic mass is 10.2. The fourth-order valence-electron chi connectivity index (χ4n) is 2.04. The summed E-state index contributed by atoms with van der Waals surface area (Å²) in [6.07, 6.45) is 0. The van der Waals surface area contributed by atoms with Crippen LogP contribution >= 0.6 is 23.4 Å². The van der Waals surface area contributed by atoms with Gasteiger partial charge in [0.1, 0.15) is 10.9 Å². The number of aromatic nitrogens is 1. The van der Waals surface area contributed by atoms with Gasteiger partial charge in [-0.1, -0.05) is 17.7 Å². The molecule has 0 radical (unpaired) electrons. The van der Waals surface area contributed by atoms with Crippen LogP contribution in [0.3, 0.4) is 0 Å². The Morgan fingerprint density at radius 2 is 2.22 bits per heavy atom. The van der Waals surface area contributed by atoms with E-state index in [0.717, 1.165) is 17.3 Å². The van der Waals surface area contributed by atoms with E-state index in [2.05, 4.69) is 10.3 Å². The van der Waals surface area contributed by atoms with Crippen LogP contribution in [0.5, 0.6) is 0 Å². The molecule has 1 heterocycles. The Hall–Kier alpha value is -2.49. The van der Waals surface area contributed by atoms with E-state index in [4.69, 9.17) is 21.3 Å². The average Bonchev–Trinajstić information content (AvgIpc) is 2.96. The molecular formula is C16H10ClN3O2S. The van der Waals surface area contributed by atoms with Gasteiger partial charge in [0.15, 0.2) is 5.58 Å². The highest BCUT2D eigenvalue weighted by Gasteiger charge is 2.10. The summed E-state index contributed by atoms with van der Waals surface area (Å²) >= 11 is 6.86. The second kappa shape index (κ2) is 6.73. The lowest BCUT2D eigenvalue weighted by Gasteiger charge is -2.02. The van der Waals surface area contributed by atoms with Crippen LogP contribution in [0.4, 0.5) is 5.69 Å². The third kappa shape index (κ3) is 3.65. The van der Waals surface area contributed by atoms with E-state index < -0.39 is 0 Å². The molecular weight excluding hydrogens is 334 g/mol. The van der Waals surface area contributed by atoms with E-state index >= 15 is 0 Å². The highest BCUT2D eigenvalue weighted by Crippen LogP contribution is 2.27. The molecule has 0 fully saturated rings. The molecule has 0 aliphatic carbocycles. The number of carbonyl (C=O) groups is 1. The molecule has 0 spiro atoms. The smallest absolute Gasteiger partial charge is 0.235 e. The van der Waals surface area contributed by atoms with Crippen LogP contribution < -0.4 is 5.32 Å². The minimum atomic E-state index is -0.245. The second-order valence-corrected chi connectivity index (χ2v) is 5.84. The molecule has 0 saturated carbocycles. The van der Waals surface area contributed by atoms with Crippen LogP contribution in [0, 0.1) is 10.7 Å². The maximum atomic E-state index is 11.6. The monoisotopic (exact) mass is 343 g/mol. The zero-order valence-corrected chi connectivity index (χ0v) is 13.3. The first-order valence-corrected chi connectivity index (χ1v) is 7.99. The van der Waals surface area contributed by atoms with Crippen molar-refractivity contribution in [2.75, 3.05) is 11.1 Å². The molecule has 0 aliphatic heterocycles. The van der Waals surface area contributed by atoms with E-state index in [-0.39, 0.29) is 11.7 Å². The molecule has 3 rings (SSSR count). The summed E-state index contributed by atoms with van der Waals surface area (Å²) in [6, 6.07) is 12.4. The summed E-state index contributed by atoms with van der Waals surface area (Å²) in [6.45, 7) is 0. The molecule has 23 heavy (non-hydrogen) atoms. The van der Waals surface area contributed by atoms with Gasteiger partial charge in [-0.2, -0.15) is 5.26 Å². The van der Waals surface area contributed by atoms with Crippen molar-refractivity contribution in [3.63, 3.8) is 0 Å². The fraction of sp³-hybridized carbons (Fsp3) is 0.0625. The van der Waals surface area contributed by atoms with Crippen molar-refractivity contribution in [3.05, 3.63) is 47.5 Å². The fourth-order valence-corrected chi connectivity index (χ4v) is 2.50. The number of anilines is 1. The molecule has 7 heteroatoms. The number of thioether (sulfide) groups is 1. The highest BCUT2D eigenvalue weighted by molar-refractivity contribution is 8.04. The van der Waals surface area contributed by atoms with Gasteiger partial charge in [0.05, 0.1) is 5.75 Å². The number of carbonyl (C=O) groups excluding carboxylic acids is 1. The Labute approximate surface area is 141 Å². The van der Waals surface area contributed by atoms with Crippen molar-refractivity contribution in [2.24, 2.45) is 0 Å². The number of halogens is 1. The quantitative estimate of drug-likeness (QED) is 0.714. The van der Waals surface area contributed by atoms with Gasteiger partial charge in [0.2, 0.25) is 11.8 Å². The average molecular weight is 344 g/mol. The Morgan fingerprint density at radius 3 is 3.00 bits per heavy atom. The number of hydrogen-bond acceptors (Lipinski definition) is 5. The molecule has 1 N–H and O–H groups in total. The maximum Gasteiger partial charge on any atom is 0.235 e. The van der Waals surface area contributed by atoms with Gasteiger partial charge in [0, 0.05) is 22.3 Å². The first kappa shape index (κ1) is 15.4. The Kier molecular flexibility index (Phi) is 4.51. The molecule has 0 unspecified atom stereocenters. The molecule has 0 saturated heterocycles. The number of nitrogens with zero attached hydrogens (tertiary/aromatic N) is 2. The van der Waals surface area contributed by atoms with E-state index in [9.17, 15) is 4.79 Å². The zero-order chi connectivity index (χ0) is 16.2. The SMILES string of the molecule is N#CSCC(=O)Nc1ccc2nc(-c3cccc(Cl)c3)oc2c1. The van der Waals surface area contributed by atoms with Gasteiger partial charge >= 0.3 is 0 Å². The minimum Gasteiger partial charge on any atom is -0.436 e. The van der Waals surface area contributed by atoms with Gasteiger partial charge < -0.3 is 9.73 Å². The molecule has 5 nitrogen and oxygen atoms in total. The predicted octanol–water partition coefficient (Wildman–Crippen LogP) is 4.30. The Morgan fingerprint density at radius 1 is 1.35 bits per heavy atom. The molecule has 1 aromatic heterocycles. The summed E-state index contributed by atoms with van der Waals surface area (Å²) in [5.74, 6) is 0.301. The Balaban J connectivity index is 1.86. The zero-order valence-electron chi connectivity index (χ0n) is 11.7. The molecule has 0 aliphatic rings. The van der Waals surface area contributed by atoms with Crippen molar-refractivity contribution in [1.29, 1.82) is 5.26 Å². The number of nitrogens with one attached hydrogen (secondary N) is 1. The lowest BCUT2D eigenvalue weighted by Crippen LogP contribution is -2.13. The van der Waals surface area contributed by atoms with Crippen molar-refractivity contribution in [3.8, 4) is 16.9 Å². The van der Waals surface area contributed by atoms with Gasteiger partial charge in [-0.15, -0.1) is 0 Å². The molecule has 0 bridgehead atoms. The standard InChI is InChI=1S/C16H10ClN3O2S/c17-11-3-1-2-10(6-11)16-20-13-5-4-12(7-14(13)22-16)19-15(21)8-23-9-18/h1-7H,8H2,(H,19,21). The van der Waals surface area contributed by atoms with Crippen LogP contribution in [0.25, 0.3) is 22.6 Å². The lowest BCUT2D eigenvalue weighted by molar-refractivity contribution is -0.113. The van der Waals surface area contributed by atoms with Crippen LogP contribution in [-0.2, 0) is 4.79 Å². The Bertz CT molecular complexity index is 917.